The minimum absolute atomic E-state index is 0.0239. The van der Waals surface area contributed by atoms with E-state index in [2.05, 4.69) is 29.9 Å². The molecule has 0 saturated carbocycles. The highest BCUT2D eigenvalue weighted by atomic mass is 19.4. The molecular formula is C12H12F3N5O2. The van der Waals surface area contributed by atoms with Crippen LogP contribution in [0.2, 0.25) is 0 Å². The number of carbonyl (C=O) groups is 1. The number of nitrogens with zero attached hydrogens (tertiary/aromatic N) is 4. The van der Waals surface area contributed by atoms with Crippen LogP contribution >= 0.6 is 0 Å². The Labute approximate surface area is 123 Å². The number of amides is 1. The lowest BCUT2D eigenvalue weighted by molar-refractivity contribution is -0.159. The Hall–Kier alpha value is -2.52. The fourth-order valence-electron chi connectivity index (χ4n) is 1.63. The summed E-state index contributed by atoms with van der Waals surface area (Å²) in [6, 6.07) is 0. The minimum atomic E-state index is -4.64. The highest BCUT2D eigenvalue weighted by molar-refractivity contribution is 5.90. The number of unbranched alkanes of at least 4 members (excludes halogenated alkanes) is 1. The minimum Gasteiger partial charge on any atom is -0.329 e. The molecular weight excluding hydrogens is 303 g/mol. The van der Waals surface area contributed by atoms with Crippen LogP contribution in [-0.2, 0) is 17.4 Å². The number of hydrogen-bond donors (Lipinski definition) is 1. The summed E-state index contributed by atoms with van der Waals surface area (Å²) in [5.74, 6) is -1.60. The van der Waals surface area contributed by atoms with Crippen LogP contribution < -0.4 is 5.32 Å². The van der Waals surface area contributed by atoms with Gasteiger partial charge in [-0.25, -0.2) is 9.97 Å². The van der Waals surface area contributed by atoms with E-state index < -0.39 is 12.1 Å². The van der Waals surface area contributed by atoms with Crippen molar-refractivity contribution < 1.29 is 22.5 Å². The molecule has 0 spiro atoms. The molecule has 0 aliphatic carbocycles. The number of halogens is 3. The Morgan fingerprint density at radius 2 is 1.95 bits per heavy atom. The SMILES string of the molecule is O=C(CCCCc1noc(C(F)(F)F)n1)Nc1cncnc1. The van der Waals surface area contributed by atoms with Gasteiger partial charge in [-0.2, -0.15) is 18.2 Å². The quantitative estimate of drug-likeness (QED) is 0.822. The summed E-state index contributed by atoms with van der Waals surface area (Å²) in [6.07, 6.45) is 1.01. The summed E-state index contributed by atoms with van der Waals surface area (Å²) in [6.45, 7) is 0. The average Bonchev–Trinajstić information content (AvgIpc) is 2.94. The number of anilines is 1. The number of carbonyl (C=O) groups excluding carboxylic acids is 1. The van der Waals surface area contributed by atoms with Crippen molar-refractivity contribution in [1.29, 1.82) is 0 Å². The zero-order valence-electron chi connectivity index (χ0n) is 11.3. The van der Waals surface area contributed by atoms with E-state index in [0.717, 1.165) is 0 Å². The van der Waals surface area contributed by atoms with Gasteiger partial charge in [0.25, 0.3) is 0 Å². The van der Waals surface area contributed by atoms with Gasteiger partial charge in [0.05, 0.1) is 18.1 Å². The van der Waals surface area contributed by atoms with Crippen LogP contribution in [0, 0.1) is 0 Å². The number of rotatable bonds is 6. The van der Waals surface area contributed by atoms with Crippen LogP contribution in [-0.4, -0.2) is 26.0 Å². The molecule has 0 fully saturated rings. The molecule has 0 aliphatic heterocycles. The van der Waals surface area contributed by atoms with Crippen molar-refractivity contribution in [3.05, 3.63) is 30.4 Å². The van der Waals surface area contributed by atoms with Crippen molar-refractivity contribution >= 4 is 11.6 Å². The molecule has 1 N–H and O–H groups in total. The van der Waals surface area contributed by atoms with Gasteiger partial charge in [-0.3, -0.25) is 4.79 Å². The molecule has 2 rings (SSSR count). The Kier molecular flexibility index (Phi) is 5.02. The first-order valence-corrected chi connectivity index (χ1v) is 6.40. The third-order valence-electron chi connectivity index (χ3n) is 2.61. The fraction of sp³-hybridized carbons (Fsp3) is 0.417. The molecule has 0 saturated heterocycles. The van der Waals surface area contributed by atoms with Gasteiger partial charge in [-0.1, -0.05) is 5.16 Å². The van der Waals surface area contributed by atoms with Crippen molar-refractivity contribution in [3.8, 4) is 0 Å². The van der Waals surface area contributed by atoms with Gasteiger partial charge in [-0.05, 0) is 12.8 Å². The van der Waals surface area contributed by atoms with Gasteiger partial charge in [0.15, 0.2) is 5.82 Å². The molecule has 2 aromatic rings. The summed E-state index contributed by atoms with van der Waals surface area (Å²) in [4.78, 5) is 22.3. The lowest BCUT2D eigenvalue weighted by Gasteiger charge is -2.03. The highest BCUT2D eigenvalue weighted by Crippen LogP contribution is 2.27. The summed E-state index contributed by atoms with van der Waals surface area (Å²) >= 11 is 0. The van der Waals surface area contributed by atoms with Crippen LogP contribution in [0.1, 0.15) is 31.0 Å². The molecule has 1 amide bonds. The van der Waals surface area contributed by atoms with Crippen molar-refractivity contribution in [2.75, 3.05) is 5.32 Å². The van der Waals surface area contributed by atoms with Gasteiger partial charge in [0.2, 0.25) is 5.91 Å². The van der Waals surface area contributed by atoms with Crippen molar-refractivity contribution in [2.24, 2.45) is 0 Å². The maximum Gasteiger partial charge on any atom is 0.471 e. The van der Waals surface area contributed by atoms with Crippen molar-refractivity contribution in [2.45, 2.75) is 31.9 Å². The second kappa shape index (κ2) is 6.96. The van der Waals surface area contributed by atoms with E-state index in [1.807, 2.05) is 0 Å². The molecule has 0 bridgehead atoms. The van der Waals surface area contributed by atoms with Crippen LogP contribution in [0.5, 0.6) is 0 Å². The Morgan fingerprint density at radius 3 is 2.59 bits per heavy atom. The molecule has 0 radical (unpaired) electrons. The van der Waals surface area contributed by atoms with Gasteiger partial charge < -0.3 is 9.84 Å². The molecule has 0 atom stereocenters. The van der Waals surface area contributed by atoms with E-state index in [1.165, 1.54) is 18.7 Å². The number of aryl methyl sites for hydroxylation is 1. The number of hydrogen-bond acceptors (Lipinski definition) is 6. The molecule has 22 heavy (non-hydrogen) atoms. The lowest BCUT2D eigenvalue weighted by atomic mass is 10.2. The van der Waals surface area contributed by atoms with Crippen LogP contribution in [0.15, 0.2) is 23.2 Å². The van der Waals surface area contributed by atoms with Gasteiger partial charge in [-0.15, -0.1) is 0 Å². The smallest absolute Gasteiger partial charge is 0.329 e. The summed E-state index contributed by atoms with van der Waals surface area (Å²) in [5, 5.41) is 5.85. The number of nitrogens with one attached hydrogen (secondary N) is 1. The normalized spacial score (nSPS) is 11.4. The predicted molar refractivity (Wildman–Crippen MR) is 67.5 cm³/mol. The van der Waals surface area contributed by atoms with E-state index in [4.69, 9.17) is 0 Å². The lowest BCUT2D eigenvalue weighted by Crippen LogP contribution is -2.11. The zero-order chi connectivity index (χ0) is 16.0. The third-order valence-corrected chi connectivity index (χ3v) is 2.61. The number of aromatic nitrogens is 4. The third kappa shape index (κ3) is 4.79. The summed E-state index contributed by atoms with van der Waals surface area (Å²) in [7, 11) is 0. The van der Waals surface area contributed by atoms with Crippen molar-refractivity contribution in [1.82, 2.24) is 20.1 Å². The van der Waals surface area contributed by atoms with E-state index in [1.54, 1.807) is 0 Å². The molecule has 0 unspecified atom stereocenters. The number of alkyl halides is 3. The van der Waals surface area contributed by atoms with E-state index in [-0.39, 0.29) is 24.6 Å². The van der Waals surface area contributed by atoms with Crippen molar-refractivity contribution in [3.63, 3.8) is 0 Å². The largest absolute Gasteiger partial charge is 0.471 e. The standard InChI is InChI=1S/C12H12F3N5O2/c13-12(14,15)11-19-9(20-22-11)3-1-2-4-10(21)18-8-5-16-7-17-6-8/h5-7H,1-4H2,(H,18,21). The second-order valence-corrected chi connectivity index (χ2v) is 4.40. The first-order chi connectivity index (χ1) is 10.4. The molecule has 2 heterocycles. The molecule has 7 nitrogen and oxygen atoms in total. The first kappa shape index (κ1) is 15.9. The van der Waals surface area contributed by atoms with Gasteiger partial charge in [0, 0.05) is 12.8 Å². The van der Waals surface area contributed by atoms with Crippen LogP contribution in [0.3, 0.4) is 0 Å². The summed E-state index contributed by atoms with van der Waals surface area (Å²) in [5.41, 5.74) is 0.487. The zero-order valence-corrected chi connectivity index (χ0v) is 11.3. The Balaban J connectivity index is 1.69. The summed E-state index contributed by atoms with van der Waals surface area (Å²) < 4.78 is 40.8. The first-order valence-electron chi connectivity index (χ1n) is 6.40. The highest BCUT2D eigenvalue weighted by Gasteiger charge is 2.38. The van der Waals surface area contributed by atoms with Crippen LogP contribution in [0.25, 0.3) is 0 Å². The van der Waals surface area contributed by atoms with E-state index >= 15 is 0 Å². The topological polar surface area (TPSA) is 93.8 Å². The maximum atomic E-state index is 12.2. The molecule has 118 valence electrons. The molecule has 0 aliphatic rings. The second-order valence-electron chi connectivity index (χ2n) is 4.40. The fourth-order valence-corrected chi connectivity index (χ4v) is 1.63. The maximum absolute atomic E-state index is 12.2. The Bertz CT molecular complexity index is 615. The van der Waals surface area contributed by atoms with Crippen LogP contribution in [0.4, 0.5) is 18.9 Å². The Morgan fingerprint density at radius 1 is 1.23 bits per heavy atom. The predicted octanol–water partition coefficient (Wildman–Crippen LogP) is 2.23. The van der Waals surface area contributed by atoms with Gasteiger partial charge >= 0.3 is 12.1 Å². The van der Waals surface area contributed by atoms with Gasteiger partial charge in [0.1, 0.15) is 6.33 Å². The molecule has 0 aromatic carbocycles. The van der Waals surface area contributed by atoms with E-state index in [0.29, 0.717) is 18.5 Å². The molecule has 2 aromatic heterocycles. The van der Waals surface area contributed by atoms with E-state index in [9.17, 15) is 18.0 Å². The monoisotopic (exact) mass is 315 g/mol. The molecule has 10 heteroatoms. The average molecular weight is 315 g/mol.